The van der Waals surface area contributed by atoms with E-state index in [1.165, 1.54) is 0 Å². The number of pyridine rings is 1. The van der Waals surface area contributed by atoms with E-state index in [1.54, 1.807) is 7.11 Å². The number of methoxy groups -OCH3 is 1. The van der Waals surface area contributed by atoms with Crippen LogP contribution in [0.25, 0.3) is 0 Å². The molecule has 1 fully saturated rings. The summed E-state index contributed by atoms with van der Waals surface area (Å²) in [5.74, 6) is 1.05. The average molecular weight is 329 g/mol. The van der Waals surface area contributed by atoms with Crippen molar-refractivity contribution in [3.05, 3.63) is 46.6 Å². The number of rotatable bonds is 4. The van der Waals surface area contributed by atoms with Crippen molar-refractivity contribution in [1.82, 2.24) is 15.0 Å². The second kappa shape index (κ2) is 6.73. The molecule has 0 aromatic carbocycles. The summed E-state index contributed by atoms with van der Waals surface area (Å²) in [6.07, 6.45) is 0.715. The summed E-state index contributed by atoms with van der Waals surface area (Å²) < 4.78 is 10.9. The number of hydrogen-bond donors (Lipinski definition) is 0. The summed E-state index contributed by atoms with van der Waals surface area (Å²) >= 11 is 0. The number of carbonyl (C=O) groups is 1. The lowest BCUT2D eigenvalue weighted by Crippen LogP contribution is -2.30. The number of likely N-dealkylation sites (tertiary alicyclic amines) is 1. The summed E-state index contributed by atoms with van der Waals surface area (Å²) in [4.78, 5) is 19.1. The number of aromatic nitrogens is 2. The summed E-state index contributed by atoms with van der Waals surface area (Å²) in [6.45, 7) is 6.93. The molecule has 1 aliphatic heterocycles. The smallest absolute Gasteiger partial charge is 0.255 e. The fourth-order valence-electron chi connectivity index (χ4n) is 3.32. The predicted octanol–water partition coefficient (Wildman–Crippen LogP) is 2.32. The highest BCUT2D eigenvalue weighted by Crippen LogP contribution is 2.26. The molecule has 0 aliphatic carbocycles. The maximum absolute atomic E-state index is 12.8. The third-order valence-corrected chi connectivity index (χ3v) is 4.57. The number of carbonyl (C=O) groups excluding carboxylic acids is 1. The van der Waals surface area contributed by atoms with Crippen LogP contribution in [0.1, 0.15) is 33.2 Å². The average Bonchev–Trinajstić information content (AvgIpc) is 3.13. The van der Waals surface area contributed by atoms with Gasteiger partial charge in [0.05, 0.1) is 23.1 Å². The molecule has 2 atom stereocenters. The molecule has 3 heterocycles. The quantitative estimate of drug-likeness (QED) is 0.861. The molecule has 0 saturated carbocycles. The van der Waals surface area contributed by atoms with Gasteiger partial charge in [-0.05, 0) is 32.9 Å². The van der Waals surface area contributed by atoms with E-state index in [0.717, 1.165) is 22.8 Å². The Kier molecular flexibility index (Phi) is 4.66. The van der Waals surface area contributed by atoms with Crippen LogP contribution < -0.4 is 0 Å². The van der Waals surface area contributed by atoms with Crippen molar-refractivity contribution in [3.8, 4) is 0 Å². The molecule has 0 bridgehead atoms. The predicted molar refractivity (Wildman–Crippen MR) is 88.8 cm³/mol. The zero-order valence-electron chi connectivity index (χ0n) is 14.6. The second-order valence-electron chi connectivity index (χ2n) is 6.47. The van der Waals surface area contributed by atoms with E-state index in [0.29, 0.717) is 25.1 Å². The van der Waals surface area contributed by atoms with E-state index in [4.69, 9.17) is 9.26 Å². The third-order valence-electron chi connectivity index (χ3n) is 4.57. The van der Waals surface area contributed by atoms with E-state index in [9.17, 15) is 4.79 Å². The minimum Gasteiger partial charge on any atom is -0.379 e. The standard InChI is InChI=1S/C18H23N3O3/c1-11-5-6-16(13(3)19-11)18(22)21-9-14(17(10-21)23-4)8-15-7-12(2)20-24-15/h5-7,14,17H,8-10H2,1-4H3/t14-,17+/m1/s1. The normalized spacial score (nSPS) is 20.6. The first-order valence-corrected chi connectivity index (χ1v) is 8.16. The molecule has 1 amide bonds. The van der Waals surface area contributed by atoms with Gasteiger partial charge in [-0.1, -0.05) is 5.16 Å². The molecule has 6 heteroatoms. The van der Waals surface area contributed by atoms with Crippen LogP contribution in [0.3, 0.4) is 0 Å². The van der Waals surface area contributed by atoms with Gasteiger partial charge < -0.3 is 14.2 Å². The molecule has 3 rings (SSSR count). The molecule has 2 aromatic rings. The van der Waals surface area contributed by atoms with Gasteiger partial charge in [-0.25, -0.2) is 0 Å². The molecular formula is C18H23N3O3. The topological polar surface area (TPSA) is 68.5 Å². The molecule has 0 spiro atoms. The van der Waals surface area contributed by atoms with E-state index >= 15 is 0 Å². The van der Waals surface area contributed by atoms with E-state index < -0.39 is 0 Å². The lowest BCUT2D eigenvalue weighted by molar-refractivity contribution is 0.0671. The van der Waals surface area contributed by atoms with Gasteiger partial charge in [-0.15, -0.1) is 0 Å². The molecule has 1 aliphatic rings. The first kappa shape index (κ1) is 16.6. The largest absolute Gasteiger partial charge is 0.379 e. The van der Waals surface area contributed by atoms with Crippen LogP contribution in [-0.2, 0) is 11.2 Å². The van der Waals surface area contributed by atoms with Crippen molar-refractivity contribution in [3.63, 3.8) is 0 Å². The summed E-state index contributed by atoms with van der Waals surface area (Å²) in [6, 6.07) is 5.67. The lowest BCUT2D eigenvalue weighted by atomic mass is 10.0. The van der Waals surface area contributed by atoms with Gasteiger partial charge >= 0.3 is 0 Å². The Balaban J connectivity index is 1.74. The van der Waals surface area contributed by atoms with Gasteiger partial charge in [0.15, 0.2) is 0 Å². The number of aryl methyl sites for hydroxylation is 3. The fourth-order valence-corrected chi connectivity index (χ4v) is 3.32. The zero-order valence-corrected chi connectivity index (χ0v) is 14.6. The Morgan fingerprint density at radius 1 is 1.29 bits per heavy atom. The number of nitrogens with zero attached hydrogens (tertiary/aromatic N) is 3. The van der Waals surface area contributed by atoms with Crippen molar-refractivity contribution in [1.29, 1.82) is 0 Å². The Morgan fingerprint density at radius 2 is 2.08 bits per heavy atom. The molecular weight excluding hydrogens is 306 g/mol. The molecule has 0 radical (unpaired) electrons. The zero-order chi connectivity index (χ0) is 17.3. The third kappa shape index (κ3) is 3.33. The van der Waals surface area contributed by atoms with Crippen molar-refractivity contribution >= 4 is 5.91 Å². The van der Waals surface area contributed by atoms with Gasteiger partial charge in [0, 0.05) is 44.3 Å². The minimum absolute atomic E-state index is 0.00179. The van der Waals surface area contributed by atoms with Crippen LogP contribution in [0.15, 0.2) is 22.7 Å². The van der Waals surface area contributed by atoms with Gasteiger partial charge in [0.1, 0.15) is 5.76 Å². The van der Waals surface area contributed by atoms with E-state index in [2.05, 4.69) is 10.1 Å². The first-order valence-electron chi connectivity index (χ1n) is 8.16. The maximum atomic E-state index is 12.8. The first-order chi connectivity index (χ1) is 11.5. The van der Waals surface area contributed by atoms with Gasteiger partial charge in [-0.2, -0.15) is 0 Å². The van der Waals surface area contributed by atoms with Gasteiger partial charge in [0.2, 0.25) is 0 Å². The Labute approximate surface area is 141 Å². The van der Waals surface area contributed by atoms with Crippen molar-refractivity contribution in [2.45, 2.75) is 33.3 Å². The van der Waals surface area contributed by atoms with Gasteiger partial charge in [0.25, 0.3) is 5.91 Å². The molecule has 0 N–H and O–H groups in total. The molecule has 24 heavy (non-hydrogen) atoms. The van der Waals surface area contributed by atoms with Crippen LogP contribution in [0.5, 0.6) is 0 Å². The van der Waals surface area contributed by atoms with Crippen LogP contribution in [0.2, 0.25) is 0 Å². The maximum Gasteiger partial charge on any atom is 0.255 e. The van der Waals surface area contributed by atoms with Crippen molar-refractivity contribution in [2.75, 3.05) is 20.2 Å². The summed E-state index contributed by atoms with van der Waals surface area (Å²) in [5.41, 5.74) is 3.21. The highest BCUT2D eigenvalue weighted by Gasteiger charge is 2.36. The molecule has 6 nitrogen and oxygen atoms in total. The Morgan fingerprint density at radius 3 is 2.71 bits per heavy atom. The highest BCUT2D eigenvalue weighted by molar-refractivity contribution is 5.95. The fraction of sp³-hybridized carbons (Fsp3) is 0.500. The highest BCUT2D eigenvalue weighted by atomic mass is 16.5. The number of amides is 1. The van der Waals surface area contributed by atoms with Gasteiger partial charge in [-0.3, -0.25) is 9.78 Å². The second-order valence-corrected chi connectivity index (χ2v) is 6.47. The van der Waals surface area contributed by atoms with E-state index in [1.807, 2.05) is 43.9 Å². The lowest BCUT2D eigenvalue weighted by Gasteiger charge is -2.17. The van der Waals surface area contributed by atoms with Crippen LogP contribution in [0.4, 0.5) is 0 Å². The summed E-state index contributed by atoms with van der Waals surface area (Å²) in [7, 11) is 1.69. The summed E-state index contributed by atoms with van der Waals surface area (Å²) in [5, 5.41) is 3.93. The molecule has 0 unspecified atom stereocenters. The Hall–Kier alpha value is -2.21. The minimum atomic E-state index is -0.00179. The Bertz CT molecular complexity index is 741. The number of ether oxygens (including phenoxy) is 1. The SMILES string of the molecule is CO[C@H]1CN(C(=O)c2ccc(C)nc2C)C[C@H]1Cc1cc(C)no1. The molecule has 128 valence electrons. The van der Waals surface area contributed by atoms with Crippen LogP contribution in [0, 0.1) is 26.7 Å². The molecule has 1 saturated heterocycles. The van der Waals surface area contributed by atoms with Crippen molar-refractivity contribution in [2.24, 2.45) is 5.92 Å². The molecule has 2 aromatic heterocycles. The monoisotopic (exact) mass is 329 g/mol. The number of hydrogen-bond acceptors (Lipinski definition) is 5. The van der Waals surface area contributed by atoms with Crippen LogP contribution >= 0.6 is 0 Å². The van der Waals surface area contributed by atoms with E-state index in [-0.39, 0.29) is 17.9 Å². The van der Waals surface area contributed by atoms with Crippen LogP contribution in [-0.4, -0.2) is 47.3 Å². The van der Waals surface area contributed by atoms with Crippen molar-refractivity contribution < 1.29 is 14.1 Å².